The Morgan fingerprint density at radius 1 is 1.32 bits per heavy atom. The van der Waals surface area contributed by atoms with Crippen molar-refractivity contribution in [1.82, 2.24) is 10.2 Å². The van der Waals surface area contributed by atoms with Crippen molar-refractivity contribution in [2.24, 2.45) is 17.8 Å². The summed E-state index contributed by atoms with van der Waals surface area (Å²) in [6.07, 6.45) is 1.26. The van der Waals surface area contributed by atoms with Crippen LogP contribution in [0.15, 0.2) is 0 Å². The van der Waals surface area contributed by atoms with E-state index in [1.165, 1.54) is 0 Å². The molecule has 1 heterocycles. The van der Waals surface area contributed by atoms with E-state index in [1.54, 1.807) is 0 Å². The highest BCUT2D eigenvalue weighted by molar-refractivity contribution is 5.79. The lowest BCUT2D eigenvalue weighted by Gasteiger charge is -2.18. The fraction of sp³-hybridized carbons (Fsp3) is 0.933. The number of carbonyl (C=O) groups excluding carboxylic acids is 1. The van der Waals surface area contributed by atoms with Gasteiger partial charge in [0, 0.05) is 19.6 Å². The van der Waals surface area contributed by atoms with Gasteiger partial charge in [-0.3, -0.25) is 4.79 Å². The largest absolute Gasteiger partial charge is 0.391 e. The van der Waals surface area contributed by atoms with Gasteiger partial charge in [-0.15, -0.1) is 0 Å². The summed E-state index contributed by atoms with van der Waals surface area (Å²) in [6.45, 7) is 11.9. The molecule has 0 aliphatic carbocycles. The summed E-state index contributed by atoms with van der Waals surface area (Å²) >= 11 is 0. The van der Waals surface area contributed by atoms with Crippen LogP contribution in [-0.2, 0) is 4.79 Å². The molecule has 0 saturated carbocycles. The summed E-state index contributed by atoms with van der Waals surface area (Å²) in [5.41, 5.74) is 0. The SMILES string of the molecule is CC(C)CC(O)CNC(=O)C1CCN(CC(C)C)C1. The lowest BCUT2D eigenvalue weighted by Crippen LogP contribution is -2.38. The summed E-state index contributed by atoms with van der Waals surface area (Å²) in [7, 11) is 0. The fourth-order valence-corrected chi connectivity index (χ4v) is 2.72. The van der Waals surface area contributed by atoms with E-state index in [0.29, 0.717) is 18.4 Å². The van der Waals surface area contributed by atoms with Crippen LogP contribution >= 0.6 is 0 Å². The van der Waals surface area contributed by atoms with E-state index in [4.69, 9.17) is 0 Å². The predicted molar refractivity (Wildman–Crippen MR) is 77.9 cm³/mol. The molecule has 0 aromatic heterocycles. The zero-order valence-electron chi connectivity index (χ0n) is 12.9. The Kier molecular flexibility index (Phi) is 6.80. The Morgan fingerprint density at radius 2 is 2.00 bits per heavy atom. The van der Waals surface area contributed by atoms with Crippen LogP contribution < -0.4 is 5.32 Å². The standard InChI is InChI=1S/C15H30N2O2/c1-11(2)7-14(18)8-16-15(19)13-5-6-17(10-13)9-12(3)4/h11-14,18H,5-10H2,1-4H3,(H,16,19). The normalized spacial score (nSPS) is 22.2. The molecule has 4 heteroatoms. The van der Waals surface area contributed by atoms with Crippen LogP contribution in [0.3, 0.4) is 0 Å². The number of hydrogen-bond acceptors (Lipinski definition) is 3. The monoisotopic (exact) mass is 270 g/mol. The van der Waals surface area contributed by atoms with E-state index in [1.807, 2.05) is 0 Å². The lowest BCUT2D eigenvalue weighted by molar-refractivity contribution is -0.125. The molecule has 2 unspecified atom stereocenters. The third-order valence-electron chi connectivity index (χ3n) is 3.52. The van der Waals surface area contributed by atoms with Gasteiger partial charge >= 0.3 is 0 Å². The van der Waals surface area contributed by atoms with Crippen molar-refractivity contribution in [3.05, 3.63) is 0 Å². The lowest BCUT2D eigenvalue weighted by atomic mass is 10.1. The van der Waals surface area contributed by atoms with Gasteiger partial charge in [0.25, 0.3) is 0 Å². The Labute approximate surface area is 117 Å². The van der Waals surface area contributed by atoms with E-state index < -0.39 is 6.10 Å². The Balaban J connectivity index is 2.24. The first kappa shape index (κ1) is 16.4. The molecule has 2 N–H and O–H groups in total. The smallest absolute Gasteiger partial charge is 0.224 e. The number of carbonyl (C=O) groups is 1. The molecule has 1 saturated heterocycles. The van der Waals surface area contributed by atoms with Crippen LogP contribution in [0.5, 0.6) is 0 Å². The quantitative estimate of drug-likeness (QED) is 0.737. The zero-order chi connectivity index (χ0) is 14.4. The second-order valence-corrected chi connectivity index (χ2v) is 6.67. The minimum atomic E-state index is -0.419. The molecule has 4 nitrogen and oxygen atoms in total. The van der Waals surface area contributed by atoms with Gasteiger partial charge in [-0.25, -0.2) is 0 Å². The molecule has 0 spiro atoms. The number of nitrogens with zero attached hydrogens (tertiary/aromatic N) is 1. The van der Waals surface area contributed by atoms with Gasteiger partial charge in [-0.05, 0) is 31.2 Å². The van der Waals surface area contributed by atoms with Gasteiger partial charge in [0.05, 0.1) is 12.0 Å². The molecule has 1 rings (SSSR count). The minimum Gasteiger partial charge on any atom is -0.391 e. The number of amides is 1. The van der Waals surface area contributed by atoms with Gasteiger partial charge in [0.2, 0.25) is 5.91 Å². The average molecular weight is 270 g/mol. The van der Waals surface area contributed by atoms with Crippen LogP contribution in [0.25, 0.3) is 0 Å². The third-order valence-corrected chi connectivity index (χ3v) is 3.52. The van der Waals surface area contributed by atoms with E-state index in [0.717, 1.165) is 32.5 Å². The second kappa shape index (κ2) is 7.85. The van der Waals surface area contributed by atoms with Gasteiger partial charge < -0.3 is 15.3 Å². The summed E-state index contributed by atoms with van der Waals surface area (Å²) in [6, 6.07) is 0. The second-order valence-electron chi connectivity index (χ2n) is 6.67. The highest BCUT2D eigenvalue weighted by atomic mass is 16.3. The minimum absolute atomic E-state index is 0.102. The number of nitrogens with one attached hydrogen (secondary N) is 1. The molecule has 0 radical (unpaired) electrons. The van der Waals surface area contributed by atoms with Crippen molar-refractivity contribution in [3.8, 4) is 0 Å². The maximum absolute atomic E-state index is 12.0. The highest BCUT2D eigenvalue weighted by Crippen LogP contribution is 2.17. The average Bonchev–Trinajstić information content (AvgIpc) is 2.72. The molecule has 112 valence electrons. The molecule has 1 amide bonds. The van der Waals surface area contributed by atoms with Gasteiger partial charge in [-0.1, -0.05) is 27.7 Å². The first-order chi connectivity index (χ1) is 8.88. The van der Waals surface area contributed by atoms with Crippen molar-refractivity contribution in [2.75, 3.05) is 26.2 Å². The summed E-state index contributed by atoms with van der Waals surface area (Å²) < 4.78 is 0. The van der Waals surface area contributed by atoms with E-state index >= 15 is 0 Å². The van der Waals surface area contributed by atoms with E-state index in [9.17, 15) is 9.90 Å². The number of aliphatic hydroxyl groups excluding tert-OH is 1. The number of likely N-dealkylation sites (tertiary alicyclic amines) is 1. The van der Waals surface area contributed by atoms with Crippen molar-refractivity contribution in [2.45, 2.75) is 46.6 Å². The van der Waals surface area contributed by atoms with Gasteiger partial charge in [-0.2, -0.15) is 0 Å². The van der Waals surface area contributed by atoms with Crippen LogP contribution in [0.1, 0.15) is 40.5 Å². The molecule has 1 fully saturated rings. The first-order valence-corrected chi connectivity index (χ1v) is 7.56. The van der Waals surface area contributed by atoms with Crippen molar-refractivity contribution < 1.29 is 9.90 Å². The van der Waals surface area contributed by atoms with Gasteiger partial charge in [0.15, 0.2) is 0 Å². The Hall–Kier alpha value is -0.610. The Bertz CT molecular complexity index is 279. The molecule has 0 bridgehead atoms. The molecule has 1 aliphatic heterocycles. The topological polar surface area (TPSA) is 52.6 Å². The van der Waals surface area contributed by atoms with Crippen LogP contribution in [0.4, 0.5) is 0 Å². The maximum atomic E-state index is 12.0. The number of rotatable bonds is 7. The van der Waals surface area contributed by atoms with Crippen molar-refractivity contribution in [1.29, 1.82) is 0 Å². The maximum Gasteiger partial charge on any atom is 0.224 e. The Morgan fingerprint density at radius 3 is 2.58 bits per heavy atom. The highest BCUT2D eigenvalue weighted by Gasteiger charge is 2.28. The van der Waals surface area contributed by atoms with Crippen LogP contribution in [0.2, 0.25) is 0 Å². The molecular formula is C15H30N2O2. The van der Waals surface area contributed by atoms with E-state index in [-0.39, 0.29) is 11.8 Å². The molecule has 2 atom stereocenters. The van der Waals surface area contributed by atoms with Crippen molar-refractivity contribution >= 4 is 5.91 Å². The third kappa shape index (κ3) is 6.39. The van der Waals surface area contributed by atoms with Gasteiger partial charge in [0.1, 0.15) is 0 Å². The predicted octanol–water partition coefficient (Wildman–Crippen LogP) is 1.49. The molecule has 0 aromatic carbocycles. The van der Waals surface area contributed by atoms with Crippen molar-refractivity contribution in [3.63, 3.8) is 0 Å². The summed E-state index contributed by atoms with van der Waals surface area (Å²) in [4.78, 5) is 14.4. The number of hydrogen-bond donors (Lipinski definition) is 2. The molecule has 19 heavy (non-hydrogen) atoms. The van der Waals surface area contributed by atoms with E-state index in [2.05, 4.69) is 37.9 Å². The summed E-state index contributed by atoms with van der Waals surface area (Å²) in [5, 5.41) is 12.6. The summed E-state index contributed by atoms with van der Waals surface area (Å²) in [5.74, 6) is 1.31. The van der Waals surface area contributed by atoms with Crippen LogP contribution in [-0.4, -0.2) is 48.2 Å². The molecule has 1 aliphatic rings. The number of aliphatic hydroxyl groups is 1. The molecular weight excluding hydrogens is 240 g/mol. The fourth-order valence-electron chi connectivity index (χ4n) is 2.72. The first-order valence-electron chi connectivity index (χ1n) is 7.56. The zero-order valence-corrected chi connectivity index (χ0v) is 12.9. The molecule has 0 aromatic rings. The van der Waals surface area contributed by atoms with Crippen LogP contribution in [0, 0.1) is 17.8 Å².